The molecule has 0 aromatic carbocycles. The number of nitrogens with one attached hydrogen (secondary N) is 4. The van der Waals surface area contributed by atoms with Crippen molar-refractivity contribution in [1.29, 1.82) is 0 Å². The Balaban J connectivity index is 1.19. The van der Waals surface area contributed by atoms with Crippen LogP contribution in [0.3, 0.4) is 0 Å². The minimum Gasteiger partial charge on any atom is -0.352 e. The lowest BCUT2D eigenvalue weighted by molar-refractivity contribution is -0.117. The van der Waals surface area contributed by atoms with Gasteiger partial charge in [0.15, 0.2) is 5.78 Å². The van der Waals surface area contributed by atoms with Gasteiger partial charge in [0, 0.05) is 45.6 Å². The minimum atomic E-state index is 0.00844. The quantitative estimate of drug-likeness (QED) is 0.175. The van der Waals surface area contributed by atoms with Crippen molar-refractivity contribution in [2.24, 2.45) is 5.92 Å². The summed E-state index contributed by atoms with van der Waals surface area (Å²) in [5, 5.41) is 15.9. The number of rotatable bonds is 7. The fourth-order valence-corrected chi connectivity index (χ4v) is 6.46. The number of pyridine rings is 3. The smallest absolute Gasteiger partial charge is 0.224 e. The van der Waals surface area contributed by atoms with Crippen molar-refractivity contribution in [1.82, 2.24) is 35.5 Å². The molecule has 1 amide bonds. The predicted molar refractivity (Wildman–Crippen MR) is 164 cm³/mol. The molecule has 7 rings (SSSR count). The Bertz CT molecular complexity index is 1950. The Morgan fingerprint density at radius 2 is 1.83 bits per heavy atom. The van der Waals surface area contributed by atoms with Crippen LogP contribution in [0.5, 0.6) is 0 Å². The van der Waals surface area contributed by atoms with Crippen LogP contribution in [0.1, 0.15) is 35.9 Å². The van der Waals surface area contributed by atoms with Gasteiger partial charge in [0.05, 0.1) is 51.6 Å². The van der Waals surface area contributed by atoms with Gasteiger partial charge in [0.1, 0.15) is 5.69 Å². The molecule has 42 heavy (non-hydrogen) atoms. The highest BCUT2D eigenvalue weighted by Gasteiger charge is 2.18. The third kappa shape index (κ3) is 5.08. The maximum Gasteiger partial charge on any atom is 0.224 e. The van der Waals surface area contributed by atoms with E-state index in [-0.39, 0.29) is 11.7 Å². The zero-order chi connectivity index (χ0) is 28.6. The van der Waals surface area contributed by atoms with Crippen molar-refractivity contribution < 1.29 is 9.59 Å². The van der Waals surface area contributed by atoms with Crippen molar-refractivity contribution in [2.75, 3.05) is 18.4 Å². The zero-order valence-corrected chi connectivity index (χ0v) is 23.7. The van der Waals surface area contributed by atoms with Gasteiger partial charge in [-0.15, -0.1) is 11.3 Å². The van der Waals surface area contributed by atoms with E-state index in [1.165, 1.54) is 11.3 Å². The van der Waals surface area contributed by atoms with Gasteiger partial charge in [-0.2, -0.15) is 5.10 Å². The topological polar surface area (TPSA) is 141 Å². The zero-order valence-electron chi connectivity index (χ0n) is 22.9. The largest absolute Gasteiger partial charge is 0.352 e. The summed E-state index contributed by atoms with van der Waals surface area (Å²) in [6.45, 7) is 3.51. The molecule has 0 spiro atoms. The highest BCUT2D eigenvalue weighted by atomic mass is 32.1. The maximum absolute atomic E-state index is 12.7. The number of amides is 1. The molecule has 1 aliphatic heterocycles. The third-order valence-electron chi connectivity index (χ3n) is 7.72. The Morgan fingerprint density at radius 1 is 0.976 bits per heavy atom. The fourth-order valence-electron chi connectivity index (χ4n) is 5.54. The Kier molecular flexibility index (Phi) is 6.80. The molecule has 1 fully saturated rings. The third-order valence-corrected chi connectivity index (χ3v) is 8.94. The van der Waals surface area contributed by atoms with E-state index in [4.69, 9.17) is 0 Å². The summed E-state index contributed by atoms with van der Waals surface area (Å²) >= 11 is 1.46. The number of thiophene rings is 1. The van der Waals surface area contributed by atoms with Crippen LogP contribution in [0, 0.1) is 5.92 Å². The van der Waals surface area contributed by atoms with E-state index in [0.29, 0.717) is 18.0 Å². The van der Waals surface area contributed by atoms with E-state index in [2.05, 4.69) is 46.8 Å². The summed E-state index contributed by atoms with van der Waals surface area (Å²) in [5.41, 5.74) is 6.40. The van der Waals surface area contributed by atoms with Gasteiger partial charge in [-0.05, 0) is 69.1 Å². The van der Waals surface area contributed by atoms with Crippen LogP contribution in [0.4, 0.5) is 5.69 Å². The molecule has 7 heterocycles. The highest BCUT2D eigenvalue weighted by Crippen LogP contribution is 2.37. The van der Waals surface area contributed by atoms with E-state index in [1.807, 2.05) is 30.5 Å². The summed E-state index contributed by atoms with van der Waals surface area (Å²) in [4.78, 5) is 43.1. The average Bonchev–Trinajstić information content (AvgIpc) is 3.75. The van der Waals surface area contributed by atoms with E-state index >= 15 is 0 Å². The number of aromatic amines is 2. The summed E-state index contributed by atoms with van der Waals surface area (Å²) in [7, 11) is 0. The first-order chi connectivity index (χ1) is 20.5. The van der Waals surface area contributed by atoms with Crippen LogP contribution >= 0.6 is 11.3 Å². The second kappa shape index (κ2) is 10.9. The lowest BCUT2D eigenvalue weighted by atomic mass is 9.94. The summed E-state index contributed by atoms with van der Waals surface area (Å²) < 4.78 is 0. The Labute approximate surface area is 245 Å². The first-order valence-corrected chi connectivity index (χ1v) is 14.7. The molecular formula is C31H28N8O2S. The number of hydrogen-bond donors (Lipinski definition) is 4. The van der Waals surface area contributed by atoms with Gasteiger partial charge >= 0.3 is 0 Å². The Hall–Kier alpha value is -4.74. The molecule has 1 aliphatic rings. The first-order valence-electron chi connectivity index (χ1n) is 13.9. The molecule has 10 nitrogen and oxygen atoms in total. The molecular weight excluding hydrogens is 548 g/mol. The maximum atomic E-state index is 12.7. The second-order valence-electron chi connectivity index (χ2n) is 10.6. The molecule has 4 N–H and O–H groups in total. The van der Waals surface area contributed by atoms with Crippen molar-refractivity contribution in [3.8, 4) is 33.1 Å². The molecule has 6 aromatic rings. The predicted octanol–water partition coefficient (Wildman–Crippen LogP) is 5.82. The Morgan fingerprint density at radius 3 is 2.67 bits per heavy atom. The number of ketones is 1. The SMILES string of the molecule is CC(=O)c1ccc(-c2cncc3[nH]c(-c4n[nH]c5cnc(-c6cncc(NC(=O)CC7CCNCC7)c6)cc45)cc23)s1. The van der Waals surface area contributed by atoms with Gasteiger partial charge in [-0.3, -0.25) is 29.6 Å². The molecule has 0 radical (unpaired) electrons. The summed E-state index contributed by atoms with van der Waals surface area (Å²) in [6, 6.07) is 9.77. The standard InChI is InChI=1S/C31H28N8O2S/c1-17(40)28-2-3-29(42-28)23-14-34-15-26-21(23)10-25(37-26)31-22-11-24(35-16-27(22)38-39-31)19-9-20(13-33-12-19)36-30(41)8-18-4-6-32-7-5-18/h2-3,9-16,18,32,37H,4-8H2,1H3,(H,36,41)(H,38,39). The molecule has 0 saturated carbocycles. The van der Waals surface area contributed by atoms with E-state index in [1.54, 1.807) is 31.7 Å². The van der Waals surface area contributed by atoms with E-state index in [0.717, 1.165) is 85.7 Å². The second-order valence-corrected chi connectivity index (χ2v) is 11.7. The van der Waals surface area contributed by atoms with Crippen LogP contribution in [0.25, 0.3) is 54.9 Å². The molecule has 0 aliphatic carbocycles. The van der Waals surface area contributed by atoms with E-state index < -0.39 is 0 Å². The van der Waals surface area contributed by atoms with Gasteiger partial charge in [0.25, 0.3) is 0 Å². The fraction of sp³-hybridized carbons (Fsp3) is 0.226. The number of aromatic nitrogens is 6. The molecule has 0 atom stereocenters. The van der Waals surface area contributed by atoms with Crippen LogP contribution in [0.2, 0.25) is 0 Å². The van der Waals surface area contributed by atoms with Crippen LogP contribution < -0.4 is 10.6 Å². The summed E-state index contributed by atoms with van der Waals surface area (Å²) in [5.74, 6) is 0.466. The normalized spacial score (nSPS) is 14.0. The number of nitrogens with zero attached hydrogens (tertiary/aromatic N) is 4. The van der Waals surface area contributed by atoms with Gasteiger partial charge < -0.3 is 15.6 Å². The number of piperidine rings is 1. The lowest BCUT2D eigenvalue weighted by Gasteiger charge is -2.21. The molecule has 210 valence electrons. The average molecular weight is 577 g/mol. The molecule has 0 unspecified atom stereocenters. The first kappa shape index (κ1) is 26.2. The van der Waals surface area contributed by atoms with Crippen molar-refractivity contribution >= 4 is 50.5 Å². The number of fused-ring (bicyclic) bond motifs is 2. The number of carbonyl (C=O) groups is 2. The highest BCUT2D eigenvalue weighted by molar-refractivity contribution is 7.17. The minimum absolute atomic E-state index is 0.00844. The molecule has 11 heteroatoms. The molecule has 1 saturated heterocycles. The van der Waals surface area contributed by atoms with Crippen molar-refractivity contribution in [2.45, 2.75) is 26.2 Å². The molecule has 0 bridgehead atoms. The van der Waals surface area contributed by atoms with Crippen molar-refractivity contribution in [3.63, 3.8) is 0 Å². The number of anilines is 1. The van der Waals surface area contributed by atoms with Gasteiger partial charge in [-0.25, -0.2) is 0 Å². The van der Waals surface area contributed by atoms with Gasteiger partial charge in [0.2, 0.25) is 5.91 Å². The molecule has 6 aromatic heterocycles. The van der Waals surface area contributed by atoms with E-state index in [9.17, 15) is 9.59 Å². The van der Waals surface area contributed by atoms with Crippen LogP contribution in [-0.4, -0.2) is 54.9 Å². The number of Topliss-reactive ketones (excluding diaryl/α,β-unsaturated/α-hetero) is 1. The lowest BCUT2D eigenvalue weighted by Crippen LogP contribution is -2.30. The van der Waals surface area contributed by atoms with Crippen LogP contribution in [-0.2, 0) is 4.79 Å². The van der Waals surface area contributed by atoms with Crippen LogP contribution in [0.15, 0.2) is 61.3 Å². The van der Waals surface area contributed by atoms with Gasteiger partial charge in [-0.1, -0.05) is 0 Å². The number of H-pyrrole nitrogens is 2. The summed E-state index contributed by atoms with van der Waals surface area (Å²) in [6.07, 6.45) is 11.3. The number of carbonyl (C=O) groups excluding carboxylic acids is 2. The number of hydrogen-bond acceptors (Lipinski definition) is 8. The monoisotopic (exact) mass is 576 g/mol. The van der Waals surface area contributed by atoms with Crippen molar-refractivity contribution in [3.05, 3.63) is 66.2 Å².